The summed E-state index contributed by atoms with van der Waals surface area (Å²) in [4.78, 5) is 0. The Morgan fingerprint density at radius 3 is 2.72 bits per heavy atom. The van der Waals surface area contributed by atoms with Crippen molar-refractivity contribution < 1.29 is 0 Å². The van der Waals surface area contributed by atoms with Crippen LogP contribution in [0.1, 0.15) is 18.2 Å². The summed E-state index contributed by atoms with van der Waals surface area (Å²) in [5, 5.41) is 16.1. The summed E-state index contributed by atoms with van der Waals surface area (Å²) < 4.78 is 3.83. The molecule has 0 aliphatic heterocycles. The minimum Gasteiger partial charge on any atom is -0.332 e. The molecule has 0 fully saturated rings. The molecule has 0 aliphatic carbocycles. The highest BCUT2D eigenvalue weighted by Gasteiger charge is 2.08. The predicted octanol–water partition coefficient (Wildman–Crippen LogP) is 3.92. The minimum absolute atomic E-state index is 0.483. The number of hydrogen-bond donors (Lipinski definition) is 2. The van der Waals surface area contributed by atoms with Gasteiger partial charge in [-0.1, -0.05) is 17.7 Å². The number of nitrogens with one attached hydrogen (secondary N) is 2. The van der Waals surface area contributed by atoms with Gasteiger partial charge in [-0.2, -0.15) is 10.2 Å². The van der Waals surface area contributed by atoms with E-state index in [-0.39, 0.29) is 0 Å². The third-order valence-corrected chi connectivity index (χ3v) is 4.25. The highest BCUT2D eigenvalue weighted by molar-refractivity contribution is 7.80. The normalized spacial score (nSPS) is 10.7. The SMILES string of the molecule is CCn1ncc(Cn2cc(NC(=S)Nc3cccc(Cl)c3)cn2)c1C. The lowest BCUT2D eigenvalue weighted by atomic mass is 10.2. The number of rotatable bonds is 5. The van der Waals surface area contributed by atoms with E-state index in [1.165, 1.54) is 0 Å². The highest BCUT2D eigenvalue weighted by atomic mass is 35.5. The van der Waals surface area contributed by atoms with Crippen molar-refractivity contribution in [2.45, 2.75) is 26.9 Å². The van der Waals surface area contributed by atoms with Crippen molar-refractivity contribution in [3.8, 4) is 0 Å². The molecule has 25 heavy (non-hydrogen) atoms. The number of aromatic nitrogens is 4. The zero-order chi connectivity index (χ0) is 17.8. The molecule has 0 unspecified atom stereocenters. The molecule has 130 valence electrons. The van der Waals surface area contributed by atoms with Crippen molar-refractivity contribution in [3.63, 3.8) is 0 Å². The number of benzene rings is 1. The standard InChI is InChI=1S/C17H19ClN6S/c1-3-24-12(2)13(8-20-24)10-23-11-16(9-19-23)22-17(25)21-15-6-4-5-14(18)7-15/h4-9,11H,3,10H2,1-2H3,(H2,21,22,25). The number of thiocarbonyl (C=S) groups is 1. The molecule has 0 aliphatic rings. The van der Waals surface area contributed by atoms with Gasteiger partial charge in [0.15, 0.2) is 5.11 Å². The molecule has 3 aromatic rings. The van der Waals surface area contributed by atoms with Gasteiger partial charge in [0.2, 0.25) is 0 Å². The summed E-state index contributed by atoms with van der Waals surface area (Å²) in [6.45, 7) is 5.68. The van der Waals surface area contributed by atoms with Gasteiger partial charge in [0.1, 0.15) is 0 Å². The second-order valence-electron chi connectivity index (χ2n) is 5.59. The number of anilines is 2. The Balaban J connectivity index is 1.61. The van der Waals surface area contributed by atoms with Crippen LogP contribution in [-0.2, 0) is 13.1 Å². The Morgan fingerprint density at radius 1 is 1.20 bits per heavy atom. The lowest BCUT2D eigenvalue weighted by molar-refractivity contribution is 0.633. The van der Waals surface area contributed by atoms with Crippen molar-refractivity contribution in [3.05, 3.63) is 59.1 Å². The first-order chi connectivity index (χ1) is 12.0. The van der Waals surface area contributed by atoms with Crippen LogP contribution in [0, 0.1) is 6.92 Å². The van der Waals surface area contributed by atoms with Crippen LogP contribution in [0.3, 0.4) is 0 Å². The third kappa shape index (κ3) is 4.37. The molecular weight excluding hydrogens is 356 g/mol. The highest BCUT2D eigenvalue weighted by Crippen LogP contribution is 2.16. The van der Waals surface area contributed by atoms with E-state index in [9.17, 15) is 0 Å². The molecule has 2 N–H and O–H groups in total. The van der Waals surface area contributed by atoms with Crippen LogP contribution < -0.4 is 10.6 Å². The fourth-order valence-electron chi connectivity index (χ4n) is 2.51. The molecule has 0 amide bonds. The Morgan fingerprint density at radius 2 is 2.00 bits per heavy atom. The average Bonchev–Trinajstić information content (AvgIpc) is 3.15. The van der Waals surface area contributed by atoms with Gasteiger partial charge in [-0.05, 0) is 44.3 Å². The fraction of sp³-hybridized carbons (Fsp3) is 0.235. The van der Waals surface area contributed by atoms with E-state index < -0.39 is 0 Å². The van der Waals surface area contributed by atoms with Crippen LogP contribution in [0.2, 0.25) is 5.02 Å². The molecular formula is C17H19ClN6S. The maximum atomic E-state index is 5.97. The molecule has 2 heterocycles. The van der Waals surface area contributed by atoms with Gasteiger partial charge in [0.25, 0.3) is 0 Å². The average molecular weight is 375 g/mol. The Kier molecular flexibility index (Phi) is 5.35. The van der Waals surface area contributed by atoms with Gasteiger partial charge in [-0.15, -0.1) is 0 Å². The smallest absolute Gasteiger partial charge is 0.175 e. The lowest BCUT2D eigenvalue weighted by Crippen LogP contribution is -2.18. The largest absolute Gasteiger partial charge is 0.332 e. The van der Waals surface area contributed by atoms with Gasteiger partial charge in [-0.25, -0.2) is 0 Å². The van der Waals surface area contributed by atoms with Crippen LogP contribution in [0.15, 0.2) is 42.9 Å². The summed E-state index contributed by atoms with van der Waals surface area (Å²) in [7, 11) is 0. The van der Waals surface area contributed by atoms with Gasteiger partial charge < -0.3 is 10.6 Å². The first-order valence-corrected chi connectivity index (χ1v) is 8.71. The van der Waals surface area contributed by atoms with Crippen LogP contribution in [-0.4, -0.2) is 24.7 Å². The van der Waals surface area contributed by atoms with E-state index in [0.29, 0.717) is 16.7 Å². The first-order valence-electron chi connectivity index (χ1n) is 7.92. The van der Waals surface area contributed by atoms with Crippen molar-refractivity contribution in [2.75, 3.05) is 10.6 Å². The zero-order valence-corrected chi connectivity index (χ0v) is 15.6. The monoisotopic (exact) mass is 374 g/mol. The fourth-order valence-corrected chi connectivity index (χ4v) is 2.93. The van der Waals surface area contributed by atoms with E-state index in [1.807, 2.05) is 46.0 Å². The van der Waals surface area contributed by atoms with Gasteiger partial charge in [-0.3, -0.25) is 9.36 Å². The van der Waals surface area contributed by atoms with Crippen molar-refractivity contribution in [1.82, 2.24) is 19.6 Å². The van der Waals surface area contributed by atoms with Crippen LogP contribution in [0.5, 0.6) is 0 Å². The molecule has 0 bridgehead atoms. The molecule has 8 heteroatoms. The Hall–Kier alpha value is -2.38. The van der Waals surface area contributed by atoms with Crippen molar-refractivity contribution >= 4 is 40.3 Å². The third-order valence-electron chi connectivity index (χ3n) is 3.81. The predicted molar refractivity (Wildman–Crippen MR) is 105 cm³/mol. The summed E-state index contributed by atoms with van der Waals surface area (Å²) in [6.07, 6.45) is 5.54. The number of hydrogen-bond acceptors (Lipinski definition) is 3. The zero-order valence-electron chi connectivity index (χ0n) is 14.0. The van der Waals surface area contributed by atoms with Crippen LogP contribution in [0.4, 0.5) is 11.4 Å². The second-order valence-corrected chi connectivity index (χ2v) is 6.43. The summed E-state index contributed by atoms with van der Waals surface area (Å²) in [5.74, 6) is 0. The summed E-state index contributed by atoms with van der Waals surface area (Å²) in [6, 6.07) is 7.39. The molecule has 6 nitrogen and oxygen atoms in total. The van der Waals surface area contributed by atoms with E-state index in [4.69, 9.17) is 23.8 Å². The number of halogens is 1. The topological polar surface area (TPSA) is 59.7 Å². The maximum absolute atomic E-state index is 5.97. The van der Waals surface area contributed by atoms with Crippen molar-refractivity contribution in [1.29, 1.82) is 0 Å². The minimum atomic E-state index is 0.483. The van der Waals surface area contributed by atoms with E-state index >= 15 is 0 Å². The van der Waals surface area contributed by atoms with Gasteiger partial charge >= 0.3 is 0 Å². The van der Waals surface area contributed by atoms with Gasteiger partial charge in [0, 0.05) is 34.7 Å². The summed E-state index contributed by atoms with van der Waals surface area (Å²) in [5.41, 5.74) is 3.96. The number of nitrogens with zero attached hydrogens (tertiary/aromatic N) is 4. The first kappa shape index (κ1) is 17.4. The molecule has 0 saturated heterocycles. The second kappa shape index (κ2) is 7.67. The molecule has 1 aromatic carbocycles. The van der Waals surface area contributed by atoms with Gasteiger partial charge in [0.05, 0.1) is 24.6 Å². The van der Waals surface area contributed by atoms with E-state index in [0.717, 1.165) is 29.2 Å². The Bertz CT molecular complexity index is 885. The van der Waals surface area contributed by atoms with Crippen LogP contribution in [0.25, 0.3) is 0 Å². The van der Waals surface area contributed by atoms with Crippen LogP contribution >= 0.6 is 23.8 Å². The molecule has 2 aromatic heterocycles. The lowest BCUT2D eigenvalue weighted by Gasteiger charge is -2.09. The van der Waals surface area contributed by atoms with E-state index in [1.54, 1.807) is 6.20 Å². The maximum Gasteiger partial charge on any atom is 0.175 e. The Labute approximate surface area is 156 Å². The molecule has 0 saturated carbocycles. The number of aryl methyl sites for hydroxylation is 1. The summed E-state index contributed by atoms with van der Waals surface area (Å²) >= 11 is 11.3. The molecule has 0 atom stereocenters. The van der Waals surface area contributed by atoms with Crippen molar-refractivity contribution in [2.24, 2.45) is 0 Å². The molecule has 0 radical (unpaired) electrons. The quantitative estimate of drug-likeness (QED) is 0.663. The molecule has 0 spiro atoms. The molecule has 3 rings (SSSR count). The van der Waals surface area contributed by atoms with E-state index in [2.05, 4.69) is 34.7 Å².